The largest absolute Gasteiger partial charge is 0.363 e. The number of Topliss-reactive ketones (excluding diaryl/α,β-unsaturated/α-hetero) is 1. The topological polar surface area (TPSA) is 188 Å². The van der Waals surface area contributed by atoms with E-state index in [0.717, 1.165) is 38.5 Å². The van der Waals surface area contributed by atoms with E-state index in [2.05, 4.69) is 29.8 Å². The molecule has 0 spiro atoms. The van der Waals surface area contributed by atoms with Crippen molar-refractivity contribution in [1.82, 2.24) is 25.2 Å². The van der Waals surface area contributed by atoms with Gasteiger partial charge in [-0.15, -0.1) is 0 Å². The third-order valence-electron chi connectivity index (χ3n) is 12.3. The molecule has 4 aliphatic rings. The number of likely N-dealkylation sites (N-methyl/N-ethyl adjacent to an activating group) is 1. The normalized spacial score (nSPS) is 26.5. The number of piperidine rings is 1. The molecular formula is C35H60N6O7S. The number of nitrogens with zero attached hydrogens (tertiary/aromatic N) is 2. The minimum atomic E-state index is -3.50. The van der Waals surface area contributed by atoms with Crippen molar-refractivity contribution in [2.24, 2.45) is 39.7 Å². The van der Waals surface area contributed by atoms with Crippen LogP contribution in [-0.2, 0) is 29.2 Å². The Kier molecular flexibility index (Phi) is 11.5. The Morgan fingerprint density at radius 2 is 1.57 bits per heavy atom. The number of carbonyl (C=O) groups is 5. The van der Waals surface area contributed by atoms with Gasteiger partial charge in [-0.05, 0) is 60.2 Å². The number of hydrogen-bond acceptors (Lipinski definition) is 7. The molecule has 1 heterocycles. The van der Waals surface area contributed by atoms with Crippen molar-refractivity contribution >= 4 is 39.6 Å². The number of amides is 5. The molecule has 5 amide bonds. The van der Waals surface area contributed by atoms with Gasteiger partial charge in [-0.2, -0.15) is 0 Å². The molecule has 4 rings (SSSR count). The van der Waals surface area contributed by atoms with Crippen LogP contribution in [0.1, 0.15) is 106 Å². The van der Waals surface area contributed by atoms with Gasteiger partial charge in [0.15, 0.2) is 0 Å². The van der Waals surface area contributed by atoms with Gasteiger partial charge in [-0.25, -0.2) is 17.5 Å². The summed E-state index contributed by atoms with van der Waals surface area (Å²) >= 11 is 0. The average molecular weight is 709 g/mol. The van der Waals surface area contributed by atoms with Gasteiger partial charge >= 0.3 is 6.03 Å². The molecule has 49 heavy (non-hydrogen) atoms. The summed E-state index contributed by atoms with van der Waals surface area (Å²) in [4.78, 5) is 69.0. The van der Waals surface area contributed by atoms with Gasteiger partial charge in [0.05, 0.1) is 11.8 Å². The lowest BCUT2D eigenvalue weighted by Crippen LogP contribution is -2.63. The van der Waals surface area contributed by atoms with Crippen molar-refractivity contribution in [2.75, 3.05) is 25.9 Å². The second-order valence-corrected chi connectivity index (χ2v) is 19.4. The highest BCUT2D eigenvalue weighted by Crippen LogP contribution is 2.65. The molecule has 3 saturated carbocycles. The molecule has 1 unspecified atom stereocenters. The highest BCUT2D eigenvalue weighted by Gasteiger charge is 2.70. The van der Waals surface area contributed by atoms with Crippen LogP contribution in [0, 0.1) is 34.0 Å². The number of ketones is 1. The molecule has 0 bridgehead atoms. The molecule has 1 aliphatic heterocycles. The van der Waals surface area contributed by atoms with E-state index in [0.29, 0.717) is 25.8 Å². The summed E-state index contributed by atoms with van der Waals surface area (Å²) in [5, 5.41) is 8.80. The predicted molar refractivity (Wildman–Crippen MR) is 186 cm³/mol. The van der Waals surface area contributed by atoms with E-state index in [4.69, 9.17) is 5.73 Å². The van der Waals surface area contributed by atoms with Gasteiger partial charge < -0.3 is 26.6 Å². The van der Waals surface area contributed by atoms with Gasteiger partial charge in [0.25, 0.3) is 5.91 Å². The molecule has 3 aliphatic carbocycles. The molecule has 14 heteroatoms. The lowest BCUT2D eigenvalue weighted by atomic mass is 9.70. The second-order valence-electron chi connectivity index (χ2n) is 17.1. The Balaban J connectivity index is 1.59. The van der Waals surface area contributed by atoms with Crippen molar-refractivity contribution in [2.45, 2.75) is 130 Å². The quantitative estimate of drug-likeness (QED) is 0.200. The summed E-state index contributed by atoms with van der Waals surface area (Å²) in [7, 11) is -2.01. The van der Waals surface area contributed by atoms with E-state index in [1.165, 1.54) is 11.4 Å². The van der Waals surface area contributed by atoms with Crippen LogP contribution in [0.3, 0.4) is 0 Å². The summed E-state index contributed by atoms with van der Waals surface area (Å²) in [6.07, 6.45) is 7.44. The van der Waals surface area contributed by atoms with Gasteiger partial charge in [-0.1, -0.05) is 80.1 Å². The molecule has 4 fully saturated rings. The first-order valence-electron chi connectivity index (χ1n) is 18.1. The van der Waals surface area contributed by atoms with Gasteiger partial charge in [0.1, 0.15) is 12.1 Å². The van der Waals surface area contributed by atoms with Crippen molar-refractivity contribution < 1.29 is 32.4 Å². The number of fused-ring (bicyclic) bond motifs is 1. The Hall–Kier alpha value is -2.74. The fourth-order valence-corrected chi connectivity index (χ4v) is 9.16. The highest BCUT2D eigenvalue weighted by molar-refractivity contribution is 7.89. The van der Waals surface area contributed by atoms with Crippen LogP contribution in [0.25, 0.3) is 0 Å². The average Bonchev–Trinajstić information content (AvgIpc) is 3.31. The van der Waals surface area contributed by atoms with Gasteiger partial charge in [0, 0.05) is 26.2 Å². The number of rotatable bonds is 14. The monoisotopic (exact) mass is 708 g/mol. The van der Waals surface area contributed by atoms with Crippen molar-refractivity contribution in [3.8, 4) is 0 Å². The van der Waals surface area contributed by atoms with Gasteiger partial charge in [-0.3, -0.25) is 19.2 Å². The Morgan fingerprint density at radius 1 is 0.959 bits per heavy atom. The van der Waals surface area contributed by atoms with E-state index in [9.17, 15) is 32.4 Å². The molecule has 5 N–H and O–H groups in total. The number of carbonyl (C=O) groups excluding carboxylic acids is 5. The first-order chi connectivity index (χ1) is 22.6. The van der Waals surface area contributed by atoms with E-state index >= 15 is 0 Å². The fourth-order valence-electron chi connectivity index (χ4n) is 8.34. The Bertz CT molecular complexity index is 1400. The predicted octanol–water partition coefficient (Wildman–Crippen LogP) is 2.53. The first kappa shape index (κ1) is 39.1. The van der Waals surface area contributed by atoms with Crippen LogP contribution in [-0.4, -0.2) is 97.2 Å². The van der Waals surface area contributed by atoms with Crippen LogP contribution in [0.5, 0.6) is 0 Å². The lowest BCUT2D eigenvalue weighted by molar-refractivity contribution is -0.146. The summed E-state index contributed by atoms with van der Waals surface area (Å²) < 4.78 is 26.4. The number of nitrogens with two attached hydrogens (primary N) is 1. The highest BCUT2D eigenvalue weighted by atomic mass is 32.2. The molecule has 1 saturated heterocycles. The summed E-state index contributed by atoms with van der Waals surface area (Å²) in [6, 6.07) is -4.01. The maximum absolute atomic E-state index is 14.7. The molecule has 278 valence electrons. The summed E-state index contributed by atoms with van der Waals surface area (Å²) in [5.41, 5.74) is 4.09. The minimum absolute atomic E-state index is 0.0574. The number of likely N-dealkylation sites (tertiary alicyclic amines) is 1. The fraction of sp³-hybridized carbons (Fsp3) is 0.857. The van der Waals surface area contributed by atoms with Crippen LogP contribution in [0.15, 0.2) is 0 Å². The molecule has 0 aromatic rings. The molecule has 13 nitrogen and oxygen atoms in total. The number of urea groups is 1. The van der Waals surface area contributed by atoms with Crippen molar-refractivity contribution in [1.29, 1.82) is 0 Å². The SMILES string of the molecule is CCS(=O)(=O)N(C)C[C@@H](NC(=O)N[C@H](C(=O)N1C[C@H]2[C@@H]([C@H]1C(=O)NC(CC1CCC1)C(=O)C(N)=O)C2(C)C)C1(C)CCCCC1)C(C)(C)C. The van der Waals surface area contributed by atoms with Crippen molar-refractivity contribution in [3.63, 3.8) is 0 Å². The van der Waals surface area contributed by atoms with Crippen LogP contribution in [0.4, 0.5) is 4.79 Å². The maximum Gasteiger partial charge on any atom is 0.315 e. The minimum Gasteiger partial charge on any atom is -0.363 e. The Labute approximate surface area is 292 Å². The molecular weight excluding hydrogens is 648 g/mol. The molecule has 0 aromatic carbocycles. The maximum atomic E-state index is 14.7. The number of nitrogens with one attached hydrogen (secondary N) is 3. The van der Waals surface area contributed by atoms with E-state index < -0.39 is 68.6 Å². The van der Waals surface area contributed by atoms with Crippen LogP contribution < -0.4 is 21.7 Å². The number of hydrogen-bond donors (Lipinski definition) is 4. The first-order valence-corrected chi connectivity index (χ1v) is 19.7. The zero-order chi connectivity index (χ0) is 36.7. The lowest BCUT2D eigenvalue weighted by Gasteiger charge is -2.43. The molecule has 0 radical (unpaired) electrons. The zero-order valence-corrected chi connectivity index (χ0v) is 31.6. The Morgan fingerprint density at radius 3 is 2.08 bits per heavy atom. The summed E-state index contributed by atoms with van der Waals surface area (Å²) in [5.74, 6) is -2.67. The molecule has 6 atom stereocenters. The van der Waals surface area contributed by atoms with Crippen LogP contribution >= 0.6 is 0 Å². The van der Waals surface area contributed by atoms with Crippen LogP contribution in [0.2, 0.25) is 0 Å². The smallest absolute Gasteiger partial charge is 0.315 e. The second kappa shape index (κ2) is 14.5. The van der Waals surface area contributed by atoms with E-state index in [-0.39, 0.29) is 41.4 Å². The number of primary amides is 1. The van der Waals surface area contributed by atoms with E-state index in [1.54, 1.807) is 11.8 Å². The van der Waals surface area contributed by atoms with Crippen molar-refractivity contribution in [3.05, 3.63) is 0 Å². The molecule has 0 aromatic heterocycles. The van der Waals surface area contributed by atoms with E-state index in [1.807, 2.05) is 27.7 Å². The number of sulfonamides is 1. The zero-order valence-electron chi connectivity index (χ0n) is 30.8. The third-order valence-corrected chi connectivity index (χ3v) is 14.1. The summed E-state index contributed by atoms with van der Waals surface area (Å²) in [6.45, 7) is 13.9. The third kappa shape index (κ3) is 8.43. The van der Waals surface area contributed by atoms with Gasteiger partial charge in [0.2, 0.25) is 27.6 Å². The standard InChI is InChI=1S/C35H60N6O7S/c1-9-49(47,48)40(8)20-24(33(2,3)4)38-32(46)39-28(35(7)16-11-10-12-17-35)31(45)41-19-22-25(34(22,5)6)26(41)30(44)37-23(27(42)29(36)43)18-21-14-13-15-21/h21-26,28H,9-20H2,1-8H3,(H2,36,43)(H,37,44)(H2,38,39,46)/t22-,23?,24+,25-,26-,28+/m0/s1.